The highest BCUT2D eigenvalue weighted by molar-refractivity contribution is 7.92. The van der Waals surface area contributed by atoms with Crippen LogP contribution in [0.25, 0.3) is 0 Å². The van der Waals surface area contributed by atoms with Gasteiger partial charge in [-0.2, -0.15) is 0 Å². The summed E-state index contributed by atoms with van der Waals surface area (Å²) in [5.41, 5.74) is 0.681. The van der Waals surface area contributed by atoms with Gasteiger partial charge in [0.25, 0.3) is 0 Å². The number of nitrogens with zero attached hydrogens (tertiary/aromatic N) is 1. The van der Waals surface area contributed by atoms with E-state index in [1.807, 2.05) is 6.07 Å². The van der Waals surface area contributed by atoms with E-state index in [0.29, 0.717) is 5.69 Å². The van der Waals surface area contributed by atoms with Crippen LogP contribution in [0.1, 0.15) is 0 Å². The Morgan fingerprint density at radius 2 is 1.67 bits per heavy atom. The first kappa shape index (κ1) is 9.06. The van der Waals surface area contributed by atoms with Crippen molar-refractivity contribution in [3.63, 3.8) is 0 Å². The Morgan fingerprint density at radius 3 is 2.08 bits per heavy atom. The normalized spacial score (nSPS) is 11.2. The zero-order chi connectivity index (χ0) is 9.19. The summed E-state index contributed by atoms with van der Waals surface area (Å²) in [7, 11) is -1.59. The number of hydrogen-bond acceptors (Lipinski definition) is 2. The Hall–Kier alpha value is -1.03. The predicted octanol–water partition coefficient (Wildman–Crippen LogP) is 1.08. The van der Waals surface area contributed by atoms with Gasteiger partial charge < -0.3 is 0 Å². The van der Waals surface area contributed by atoms with Crippen molar-refractivity contribution in [1.29, 1.82) is 0 Å². The third-order valence-electron chi connectivity index (χ3n) is 1.62. The molecule has 0 atom stereocenters. The van der Waals surface area contributed by atoms with Crippen molar-refractivity contribution < 1.29 is 8.42 Å². The predicted molar refractivity (Wildman–Crippen MR) is 49.7 cm³/mol. The molecular formula is C8H11NO2S. The molecule has 66 valence electrons. The first-order valence-electron chi connectivity index (χ1n) is 3.51. The Morgan fingerprint density at radius 1 is 1.17 bits per heavy atom. The zero-order valence-corrected chi connectivity index (χ0v) is 7.88. The van der Waals surface area contributed by atoms with Crippen molar-refractivity contribution in [2.75, 3.05) is 17.6 Å². The number of rotatable bonds is 2. The molecule has 0 aromatic heterocycles. The topological polar surface area (TPSA) is 37.4 Å². The van der Waals surface area contributed by atoms with Crippen LogP contribution < -0.4 is 4.31 Å². The van der Waals surface area contributed by atoms with Crippen LogP contribution in [0.15, 0.2) is 30.3 Å². The molecule has 1 rings (SSSR count). The fourth-order valence-electron chi connectivity index (χ4n) is 0.829. The average molecular weight is 185 g/mol. The molecule has 0 radical (unpaired) electrons. The molecule has 0 unspecified atom stereocenters. The van der Waals surface area contributed by atoms with E-state index in [4.69, 9.17) is 0 Å². The molecule has 1 aromatic carbocycles. The summed E-state index contributed by atoms with van der Waals surface area (Å²) in [4.78, 5) is 0. The van der Waals surface area contributed by atoms with Crippen molar-refractivity contribution in [2.24, 2.45) is 0 Å². The van der Waals surface area contributed by atoms with Gasteiger partial charge in [0.1, 0.15) is 0 Å². The van der Waals surface area contributed by atoms with E-state index in [9.17, 15) is 8.42 Å². The summed E-state index contributed by atoms with van der Waals surface area (Å²) < 4.78 is 23.4. The summed E-state index contributed by atoms with van der Waals surface area (Å²) in [6.07, 6.45) is 1.18. The molecule has 0 fully saturated rings. The first-order chi connectivity index (χ1) is 5.52. The van der Waals surface area contributed by atoms with Crippen LogP contribution in [0, 0.1) is 0 Å². The lowest BCUT2D eigenvalue weighted by Crippen LogP contribution is -2.24. The summed E-state index contributed by atoms with van der Waals surface area (Å²) in [5, 5.41) is 0. The van der Waals surface area contributed by atoms with Gasteiger partial charge in [-0.05, 0) is 12.1 Å². The summed E-state index contributed by atoms with van der Waals surface area (Å²) in [6, 6.07) is 8.95. The Labute approximate surface area is 72.7 Å². The van der Waals surface area contributed by atoms with Gasteiger partial charge in [0.15, 0.2) is 0 Å². The molecule has 0 bridgehead atoms. The van der Waals surface area contributed by atoms with Crippen LogP contribution in [-0.2, 0) is 10.0 Å². The largest absolute Gasteiger partial charge is 0.274 e. The quantitative estimate of drug-likeness (QED) is 0.691. The van der Waals surface area contributed by atoms with Crippen LogP contribution in [0.2, 0.25) is 0 Å². The van der Waals surface area contributed by atoms with Crippen LogP contribution in [0.4, 0.5) is 5.69 Å². The summed E-state index contributed by atoms with van der Waals surface area (Å²) >= 11 is 0. The maximum atomic E-state index is 11.1. The Balaban J connectivity index is 3.02. The van der Waals surface area contributed by atoms with Crippen LogP contribution >= 0.6 is 0 Å². The van der Waals surface area contributed by atoms with Crippen LogP contribution in [-0.4, -0.2) is 21.7 Å². The van der Waals surface area contributed by atoms with E-state index < -0.39 is 10.0 Å². The number of anilines is 1. The van der Waals surface area contributed by atoms with Gasteiger partial charge in [0, 0.05) is 7.05 Å². The lowest BCUT2D eigenvalue weighted by Gasteiger charge is -2.15. The van der Waals surface area contributed by atoms with Crippen molar-refractivity contribution in [3.8, 4) is 0 Å². The highest BCUT2D eigenvalue weighted by Gasteiger charge is 2.09. The minimum Gasteiger partial charge on any atom is -0.274 e. The lowest BCUT2D eigenvalue weighted by molar-refractivity contribution is 0.600. The number of hydrogen-bond donors (Lipinski definition) is 0. The SMILES string of the molecule is CN(c1ccccc1)S(C)(=O)=O. The molecule has 0 aliphatic carbocycles. The molecule has 0 spiro atoms. The minimum atomic E-state index is -3.12. The molecule has 0 heterocycles. The number of sulfonamides is 1. The maximum Gasteiger partial charge on any atom is 0.231 e. The third kappa shape index (κ3) is 1.98. The number of para-hydroxylation sites is 1. The average Bonchev–Trinajstić information content (AvgIpc) is 2.03. The van der Waals surface area contributed by atoms with E-state index in [0.717, 1.165) is 0 Å². The smallest absolute Gasteiger partial charge is 0.231 e. The van der Waals surface area contributed by atoms with E-state index in [1.165, 1.54) is 17.6 Å². The van der Waals surface area contributed by atoms with Gasteiger partial charge >= 0.3 is 0 Å². The van der Waals surface area contributed by atoms with E-state index in [-0.39, 0.29) is 0 Å². The van der Waals surface area contributed by atoms with Gasteiger partial charge in [-0.25, -0.2) is 8.42 Å². The summed E-state index contributed by atoms with van der Waals surface area (Å²) in [6.45, 7) is 0. The Kier molecular flexibility index (Phi) is 2.38. The molecule has 12 heavy (non-hydrogen) atoms. The van der Waals surface area contributed by atoms with Crippen LogP contribution in [0.3, 0.4) is 0 Å². The van der Waals surface area contributed by atoms with Crippen molar-refractivity contribution >= 4 is 15.7 Å². The summed E-state index contributed by atoms with van der Waals surface area (Å²) in [5.74, 6) is 0. The highest BCUT2D eigenvalue weighted by Crippen LogP contribution is 2.13. The molecule has 0 saturated carbocycles. The van der Waals surface area contributed by atoms with E-state index in [1.54, 1.807) is 24.3 Å². The van der Waals surface area contributed by atoms with Gasteiger partial charge in [0.2, 0.25) is 10.0 Å². The zero-order valence-electron chi connectivity index (χ0n) is 7.06. The van der Waals surface area contributed by atoms with Gasteiger partial charge in [-0.1, -0.05) is 18.2 Å². The minimum absolute atomic E-state index is 0.681. The van der Waals surface area contributed by atoms with Crippen molar-refractivity contribution in [1.82, 2.24) is 0 Å². The van der Waals surface area contributed by atoms with Crippen molar-refractivity contribution in [3.05, 3.63) is 30.3 Å². The number of benzene rings is 1. The molecule has 0 saturated heterocycles. The van der Waals surface area contributed by atoms with Crippen LogP contribution in [0.5, 0.6) is 0 Å². The monoisotopic (exact) mass is 185 g/mol. The van der Waals surface area contributed by atoms with E-state index in [2.05, 4.69) is 0 Å². The second-order valence-electron chi connectivity index (χ2n) is 2.57. The molecule has 0 N–H and O–H groups in total. The second kappa shape index (κ2) is 3.15. The molecule has 4 heteroatoms. The fourth-order valence-corrected chi connectivity index (χ4v) is 1.33. The third-order valence-corrected chi connectivity index (χ3v) is 2.82. The second-order valence-corrected chi connectivity index (χ2v) is 4.58. The lowest BCUT2D eigenvalue weighted by atomic mass is 10.3. The molecule has 0 amide bonds. The Bertz CT molecular complexity index is 345. The van der Waals surface area contributed by atoms with Gasteiger partial charge in [0.05, 0.1) is 11.9 Å². The van der Waals surface area contributed by atoms with Gasteiger partial charge in [-0.3, -0.25) is 4.31 Å². The molecule has 1 aromatic rings. The maximum absolute atomic E-state index is 11.1. The van der Waals surface area contributed by atoms with E-state index >= 15 is 0 Å². The standard InChI is InChI=1S/C8H11NO2S/c1-9(12(2,10)11)8-6-4-3-5-7-8/h3-7H,1-2H3. The molecule has 3 nitrogen and oxygen atoms in total. The van der Waals surface area contributed by atoms with Crippen molar-refractivity contribution in [2.45, 2.75) is 0 Å². The first-order valence-corrected chi connectivity index (χ1v) is 5.35. The fraction of sp³-hybridized carbons (Fsp3) is 0.250. The molecule has 0 aliphatic heterocycles. The highest BCUT2D eigenvalue weighted by atomic mass is 32.2. The van der Waals surface area contributed by atoms with Gasteiger partial charge in [-0.15, -0.1) is 0 Å². The molecule has 0 aliphatic rings. The molecular weight excluding hydrogens is 174 g/mol.